The molecule has 2 heteroatoms. The Kier molecular flexibility index (Phi) is 2.37. The summed E-state index contributed by atoms with van der Waals surface area (Å²) in [5.74, 6) is 0. The smallest absolute Gasteiger partial charge is 0.0195 e. The maximum absolute atomic E-state index is 5.54. The Labute approximate surface area is 83.8 Å². The summed E-state index contributed by atoms with van der Waals surface area (Å²) in [6.45, 7) is 2.68. The quantitative estimate of drug-likeness (QED) is 0.743. The summed E-state index contributed by atoms with van der Waals surface area (Å²) in [5, 5.41) is 0. The van der Waals surface area contributed by atoms with Crippen LogP contribution in [0.25, 0.3) is 11.1 Å². The van der Waals surface area contributed by atoms with Crippen LogP contribution in [0.2, 0.25) is 0 Å². The highest BCUT2D eigenvalue weighted by molar-refractivity contribution is 5.66. The van der Waals surface area contributed by atoms with E-state index in [0.717, 1.165) is 0 Å². The average molecular weight is 186 g/mol. The maximum Gasteiger partial charge on any atom is 0.0195 e. The van der Waals surface area contributed by atoms with Crippen molar-refractivity contribution in [2.24, 2.45) is 5.73 Å². The lowest BCUT2D eigenvalue weighted by Crippen LogP contribution is -1.95. The fourth-order valence-corrected chi connectivity index (χ4v) is 1.59. The van der Waals surface area contributed by atoms with E-state index in [1.807, 2.05) is 6.20 Å². The summed E-state index contributed by atoms with van der Waals surface area (Å²) in [6.07, 6.45) is 1.96. The summed E-state index contributed by atoms with van der Waals surface area (Å²) in [4.78, 5) is 3.17. The van der Waals surface area contributed by atoms with Crippen LogP contribution in [0.4, 0.5) is 0 Å². The summed E-state index contributed by atoms with van der Waals surface area (Å²) < 4.78 is 0. The molecule has 1 aromatic heterocycles. The molecule has 0 bridgehead atoms. The Morgan fingerprint density at radius 3 is 2.36 bits per heavy atom. The van der Waals surface area contributed by atoms with Gasteiger partial charge in [0.1, 0.15) is 0 Å². The largest absolute Gasteiger partial charge is 0.365 e. The lowest BCUT2D eigenvalue weighted by Gasteiger charge is -2.01. The molecule has 0 amide bonds. The Morgan fingerprint density at radius 1 is 1.14 bits per heavy atom. The van der Waals surface area contributed by atoms with Gasteiger partial charge in [-0.1, -0.05) is 24.3 Å². The summed E-state index contributed by atoms with van der Waals surface area (Å²) >= 11 is 0. The number of nitrogens with two attached hydrogens (primary N) is 1. The predicted molar refractivity (Wildman–Crippen MR) is 58.9 cm³/mol. The molecule has 14 heavy (non-hydrogen) atoms. The van der Waals surface area contributed by atoms with Crippen LogP contribution >= 0.6 is 0 Å². The van der Waals surface area contributed by atoms with Crippen molar-refractivity contribution in [1.82, 2.24) is 4.98 Å². The Balaban J connectivity index is 2.39. The van der Waals surface area contributed by atoms with E-state index in [0.29, 0.717) is 6.54 Å². The first kappa shape index (κ1) is 9.03. The van der Waals surface area contributed by atoms with Crippen LogP contribution in [0, 0.1) is 6.92 Å². The van der Waals surface area contributed by atoms with E-state index in [1.54, 1.807) is 0 Å². The number of nitrogens with one attached hydrogen (secondary N) is 1. The van der Waals surface area contributed by atoms with E-state index in [-0.39, 0.29) is 0 Å². The highest BCUT2D eigenvalue weighted by atomic mass is 14.7. The lowest BCUT2D eigenvalue weighted by molar-refractivity contribution is 1.07. The predicted octanol–water partition coefficient (Wildman–Crippen LogP) is 2.45. The third kappa shape index (κ3) is 1.56. The second-order valence-electron chi connectivity index (χ2n) is 3.42. The van der Waals surface area contributed by atoms with Gasteiger partial charge in [-0.3, -0.25) is 0 Å². The standard InChI is InChI=1S/C12H14N2/c1-9-12(6-7-14-9)11-4-2-10(8-13)3-5-11/h2-7,14H,8,13H2,1H3. The van der Waals surface area contributed by atoms with Crippen molar-refractivity contribution in [2.45, 2.75) is 13.5 Å². The number of benzene rings is 1. The second kappa shape index (κ2) is 3.68. The van der Waals surface area contributed by atoms with Gasteiger partial charge in [0.2, 0.25) is 0 Å². The Bertz CT molecular complexity index is 412. The van der Waals surface area contributed by atoms with E-state index in [2.05, 4.69) is 42.2 Å². The van der Waals surface area contributed by atoms with Gasteiger partial charge in [0.25, 0.3) is 0 Å². The van der Waals surface area contributed by atoms with Gasteiger partial charge in [-0.15, -0.1) is 0 Å². The topological polar surface area (TPSA) is 41.8 Å². The van der Waals surface area contributed by atoms with Gasteiger partial charge < -0.3 is 10.7 Å². The van der Waals surface area contributed by atoms with Crippen LogP contribution in [-0.2, 0) is 6.54 Å². The van der Waals surface area contributed by atoms with Crippen LogP contribution in [0.15, 0.2) is 36.5 Å². The van der Waals surface area contributed by atoms with Crippen LogP contribution in [0.1, 0.15) is 11.3 Å². The van der Waals surface area contributed by atoms with E-state index in [9.17, 15) is 0 Å². The minimum atomic E-state index is 0.604. The third-order valence-corrected chi connectivity index (χ3v) is 2.45. The van der Waals surface area contributed by atoms with Crippen molar-refractivity contribution in [3.63, 3.8) is 0 Å². The molecule has 3 N–H and O–H groups in total. The van der Waals surface area contributed by atoms with Gasteiger partial charge >= 0.3 is 0 Å². The fourth-order valence-electron chi connectivity index (χ4n) is 1.59. The van der Waals surface area contributed by atoms with Crippen LogP contribution < -0.4 is 5.73 Å². The molecule has 0 unspecified atom stereocenters. The minimum Gasteiger partial charge on any atom is -0.365 e. The molecule has 72 valence electrons. The number of aryl methyl sites for hydroxylation is 1. The molecular weight excluding hydrogens is 172 g/mol. The van der Waals surface area contributed by atoms with Gasteiger partial charge in [0.15, 0.2) is 0 Å². The van der Waals surface area contributed by atoms with Gasteiger partial charge in [0.05, 0.1) is 0 Å². The number of hydrogen-bond acceptors (Lipinski definition) is 1. The molecule has 2 aromatic rings. The van der Waals surface area contributed by atoms with Crippen LogP contribution in [0.3, 0.4) is 0 Å². The summed E-state index contributed by atoms with van der Waals surface area (Å²) in [7, 11) is 0. The molecule has 0 saturated heterocycles. The first-order chi connectivity index (χ1) is 6.81. The Hall–Kier alpha value is -1.54. The van der Waals surface area contributed by atoms with Gasteiger partial charge in [-0.25, -0.2) is 0 Å². The maximum atomic E-state index is 5.54. The molecule has 2 nitrogen and oxygen atoms in total. The van der Waals surface area contributed by atoms with Gasteiger partial charge in [0, 0.05) is 24.0 Å². The molecule has 0 spiro atoms. The number of aromatic nitrogens is 1. The lowest BCUT2D eigenvalue weighted by atomic mass is 10.0. The molecule has 0 aliphatic heterocycles. The van der Waals surface area contributed by atoms with Crippen molar-refractivity contribution in [2.75, 3.05) is 0 Å². The molecule has 0 aliphatic carbocycles. The Morgan fingerprint density at radius 2 is 1.86 bits per heavy atom. The zero-order valence-electron chi connectivity index (χ0n) is 8.25. The zero-order chi connectivity index (χ0) is 9.97. The van der Waals surface area contributed by atoms with E-state index in [1.165, 1.54) is 22.4 Å². The van der Waals surface area contributed by atoms with Crippen molar-refractivity contribution in [3.05, 3.63) is 47.8 Å². The number of hydrogen-bond donors (Lipinski definition) is 2. The number of H-pyrrole nitrogens is 1. The van der Waals surface area contributed by atoms with Crippen LogP contribution in [0.5, 0.6) is 0 Å². The van der Waals surface area contributed by atoms with Crippen molar-refractivity contribution >= 4 is 0 Å². The minimum absolute atomic E-state index is 0.604. The molecule has 1 aromatic carbocycles. The summed E-state index contributed by atoms with van der Waals surface area (Å²) in [6, 6.07) is 10.5. The molecule has 1 heterocycles. The SMILES string of the molecule is Cc1[nH]ccc1-c1ccc(CN)cc1. The summed E-state index contributed by atoms with van der Waals surface area (Å²) in [5.41, 5.74) is 10.4. The molecule has 0 aliphatic rings. The van der Waals surface area contributed by atoms with E-state index < -0.39 is 0 Å². The zero-order valence-corrected chi connectivity index (χ0v) is 8.25. The average Bonchev–Trinajstić information content (AvgIpc) is 2.65. The third-order valence-electron chi connectivity index (χ3n) is 2.45. The van der Waals surface area contributed by atoms with Crippen molar-refractivity contribution in [1.29, 1.82) is 0 Å². The second-order valence-corrected chi connectivity index (χ2v) is 3.42. The monoisotopic (exact) mass is 186 g/mol. The number of aromatic amines is 1. The molecule has 0 radical (unpaired) electrons. The first-order valence-electron chi connectivity index (χ1n) is 4.74. The normalized spacial score (nSPS) is 10.4. The van der Waals surface area contributed by atoms with Crippen molar-refractivity contribution in [3.8, 4) is 11.1 Å². The molecular formula is C12H14N2. The molecule has 0 fully saturated rings. The molecule has 0 atom stereocenters. The van der Waals surface area contributed by atoms with Crippen LogP contribution in [-0.4, -0.2) is 4.98 Å². The molecule has 0 saturated carbocycles. The molecule has 2 rings (SSSR count). The van der Waals surface area contributed by atoms with Gasteiger partial charge in [-0.2, -0.15) is 0 Å². The fraction of sp³-hybridized carbons (Fsp3) is 0.167. The first-order valence-corrected chi connectivity index (χ1v) is 4.74. The van der Waals surface area contributed by atoms with E-state index >= 15 is 0 Å². The highest BCUT2D eigenvalue weighted by Crippen LogP contribution is 2.22. The van der Waals surface area contributed by atoms with Crippen molar-refractivity contribution < 1.29 is 0 Å². The number of rotatable bonds is 2. The van der Waals surface area contributed by atoms with E-state index in [4.69, 9.17) is 5.73 Å². The van der Waals surface area contributed by atoms with Gasteiger partial charge in [-0.05, 0) is 24.1 Å². The highest BCUT2D eigenvalue weighted by Gasteiger charge is 2.01.